The fourth-order valence-electron chi connectivity index (χ4n) is 1.01. The van der Waals surface area contributed by atoms with E-state index in [2.05, 4.69) is 29.8 Å². The van der Waals surface area contributed by atoms with E-state index in [0.29, 0.717) is 5.92 Å². The van der Waals surface area contributed by atoms with Crippen molar-refractivity contribution in [3.8, 4) is 0 Å². The van der Waals surface area contributed by atoms with Crippen LogP contribution in [0.3, 0.4) is 0 Å². The monoisotopic (exact) mass is 222 g/mol. The minimum Gasteiger partial charge on any atom is -0.381 e. The van der Waals surface area contributed by atoms with Crippen molar-refractivity contribution in [2.24, 2.45) is 5.92 Å². The first-order chi connectivity index (χ1) is 5.35. The summed E-state index contributed by atoms with van der Waals surface area (Å²) < 4.78 is 5.46. The summed E-state index contributed by atoms with van der Waals surface area (Å²) in [4.78, 5) is 0. The zero-order valence-corrected chi connectivity index (χ0v) is 9.19. The number of hydrogen-bond acceptors (Lipinski definition) is 1. The Morgan fingerprint density at radius 1 is 1.27 bits per heavy atom. The Balaban J connectivity index is 3.20. The molecule has 0 bridgehead atoms. The van der Waals surface area contributed by atoms with E-state index in [-0.39, 0.29) is 0 Å². The number of hydrogen-bond donors (Lipinski definition) is 0. The molecule has 1 nitrogen and oxygen atoms in total. The van der Waals surface area contributed by atoms with Gasteiger partial charge in [0.1, 0.15) is 0 Å². The van der Waals surface area contributed by atoms with E-state index in [4.69, 9.17) is 4.74 Å². The maximum absolute atomic E-state index is 5.46. The second-order valence-corrected chi connectivity index (χ2v) is 3.53. The summed E-state index contributed by atoms with van der Waals surface area (Å²) in [6.45, 7) is 6.19. The predicted molar refractivity (Wildman–Crippen MR) is 53.3 cm³/mol. The summed E-state index contributed by atoms with van der Waals surface area (Å²) in [5, 5.41) is 1.07. The average molecular weight is 223 g/mol. The fourth-order valence-corrected chi connectivity index (χ4v) is 1.52. The van der Waals surface area contributed by atoms with Crippen molar-refractivity contribution in [2.45, 2.75) is 33.1 Å². The van der Waals surface area contributed by atoms with E-state index in [1.807, 2.05) is 0 Å². The average Bonchev–Trinajstić information content (AvgIpc) is 2.03. The highest BCUT2D eigenvalue weighted by atomic mass is 79.9. The van der Waals surface area contributed by atoms with E-state index in [1.54, 1.807) is 0 Å². The first-order valence-electron chi connectivity index (χ1n) is 4.48. The van der Waals surface area contributed by atoms with Crippen LogP contribution in [-0.4, -0.2) is 18.5 Å². The van der Waals surface area contributed by atoms with Crippen molar-refractivity contribution >= 4 is 15.9 Å². The topological polar surface area (TPSA) is 9.23 Å². The van der Waals surface area contributed by atoms with Gasteiger partial charge in [-0.1, -0.05) is 36.2 Å². The molecule has 0 aliphatic carbocycles. The highest BCUT2D eigenvalue weighted by molar-refractivity contribution is 9.09. The maximum atomic E-state index is 5.46. The van der Waals surface area contributed by atoms with E-state index in [1.165, 1.54) is 12.8 Å². The molecular formula is C9H19BrO. The second kappa shape index (κ2) is 8.54. The Labute approximate surface area is 78.6 Å². The lowest BCUT2D eigenvalue weighted by atomic mass is 10.1. The molecule has 0 fully saturated rings. The first kappa shape index (κ1) is 11.4. The van der Waals surface area contributed by atoms with Crippen molar-refractivity contribution in [2.75, 3.05) is 18.5 Å². The van der Waals surface area contributed by atoms with Crippen molar-refractivity contribution in [1.29, 1.82) is 0 Å². The van der Waals surface area contributed by atoms with Crippen LogP contribution in [0.2, 0.25) is 0 Å². The molecule has 1 atom stereocenters. The summed E-state index contributed by atoms with van der Waals surface area (Å²) >= 11 is 3.49. The Kier molecular flexibility index (Phi) is 8.88. The molecule has 2 heteroatoms. The molecule has 0 aromatic heterocycles. The predicted octanol–water partition coefficient (Wildman–Crippen LogP) is 3.22. The molecular weight excluding hydrogens is 204 g/mol. The van der Waals surface area contributed by atoms with Gasteiger partial charge in [0.15, 0.2) is 0 Å². The smallest absolute Gasteiger partial charge is 0.0502 e. The van der Waals surface area contributed by atoms with E-state index >= 15 is 0 Å². The lowest BCUT2D eigenvalue weighted by Crippen LogP contribution is -2.11. The van der Waals surface area contributed by atoms with Crippen LogP contribution < -0.4 is 0 Å². The lowest BCUT2D eigenvalue weighted by molar-refractivity contribution is 0.104. The lowest BCUT2D eigenvalue weighted by Gasteiger charge is -2.12. The largest absolute Gasteiger partial charge is 0.381 e. The van der Waals surface area contributed by atoms with E-state index < -0.39 is 0 Å². The molecule has 0 amide bonds. The summed E-state index contributed by atoms with van der Waals surface area (Å²) in [5.74, 6) is 0.714. The summed E-state index contributed by atoms with van der Waals surface area (Å²) in [5.41, 5.74) is 0. The van der Waals surface area contributed by atoms with Crippen LogP contribution in [0, 0.1) is 5.92 Å². The Hall–Kier alpha value is 0.440. The van der Waals surface area contributed by atoms with Gasteiger partial charge in [-0.2, -0.15) is 0 Å². The molecule has 0 radical (unpaired) electrons. The Morgan fingerprint density at radius 3 is 2.45 bits per heavy atom. The van der Waals surface area contributed by atoms with Crippen molar-refractivity contribution in [3.05, 3.63) is 0 Å². The van der Waals surface area contributed by atoms with Crippen molar-refractivity contribution in [3.63, 3.8) is 0 Å². The molecule has 11 heavy (non-hydrogen) atoms. The minimum atomic E-state index is 0.714. The van der Waals surface area contributed by atoms with Crippen LogP contribution in [0.4, 0.5) is 0 Å². The van der Waals surface area contributed by atoms with Gasteiger partial charge < -0.3 is 4.74 Å². The number of rotatable bonds is 7. The van der Waals surface area contributed by atoms with Crippen LogP contribution in [0.1, 0.15) is 33.1 Å². The summed E-state index contributed by atoms with van der Waals surface area (Å²) in [6, 6.07) is 0. The molecule has 0 saturated heterocycles. The van der Waals surface area contributed by atoms with E-state index in [0.717, 1.165) is 25.0 Å². The third-order valence-corrected chi connectivity index (χ3v) is 2.53. The van der Waals surface area contributed by atoms with Crippen LogP contribution in [0.25, 0.3) is 0 Å². The number of alkyl halides is 1. The fraction of sp³-hybridized carbons (Fsp3) is 1.00. The van der Waals surface area contributed by atoms with Gasteiger partial charge in [0, 0.05) is 11.9 Å². The zero-order chi connectivity index (χ0) is 8.53. The van der Waals surface area contributed by atoms with Crippen molar-refractivity contribution in [1.82, 2.24) is 0 Å². The third-order valence-electron chi connectivity index (χ3n) is 1.62. The highest BCUT2D eigenvalue weighted by Gasteiger charge is 2.04. The molecule has 0 saturated carbocycles. The molecule has 68 valence electrons. The van der Waals surface area contributed by atoms with Crippen LogP contribution in [-0.2, 0) is 4.74 Å². The van der Waals surface area contributed by atoms with Gasteiger partial charge in [0.25, 0.3) is 0 Å². The second-order valence-electron chi connectivity index (χ2n) is 2.88. The standard InChI is InChI=1S/C9H19BrO/c1-3-5-9(7-10)8-11-6-4-2/h9H,3-8H2,1-2H3. The molecule has 0 aliphatic heterocycles. The number of ether oxygens (including phenoxy) is 1. The van der Waals surface area contributed by atoms with Gasteiger partial charge in [-0.15, -0.1) is 0 Å². The van der Waals surface area contributed by atoms with E-state index in [9.17, 15) is 0 Å². The van der Waals surface area contributed by atoms with Crippen LogP contribution in [0.15, 0.2) is 0 Å². The van der Waals surface area contributed by atoms with Gasteiger partial charge in [0.2, 0.25) is 0 Å². The highest BCUT2D eigenvalue weighted by Crippen LogP contribution is 2.09. The van der Waals surface area contributed by atoms with Gasteiger partial charge in [-0.05, 0) is 18.8 Å². The molecule has 0 aromatic rings. The zero-order valence-electron chi connectivity index (χ0n) is 7.61. The first-order valence-corrected chi connectivity index (χ1v) is 5.61. The summed E-state index contributed by atoms with van der Waals surface area (Å²) in [7, 11) is 0. The molecule has 0 spiro atoms. The Bertz CT molecular complexity index is 76.0. The molecule has 0 aliphatic rings. The van der Waals surface area contributed by atoms with Gasteiger partial charge in [-0.3, -0.25) is 0 Å². The normalized spacial score (nSPS) is 13.4. The molecule has 0 N–H and O–H groups in total. The quantitative estimate of drug-likeness (QED) is 0.475. The minimum absolute atomic E-state index is 0.714. The molecule has 1 unspecified atom stereocenters. The summed E-state index contributed by atoms with van der Waals surface area (Å²) in [6.07, 6.45) is 3.65. The number of halogens is 1. The Morgan fingerprint density at radius 2 is 2.00 bits per heavy atom. The van der Waals surface area contributed by atoms with Gasteiger partial charge in [-0.25, -0.2) is 0 Å². The van der Waals surface area contributed by atoms with Crippen molar-refractivity contribution < 1.29 is 4.74 Å². The van der Waals surface area contributed by atoms with Gasteiger partial charge >= 0.3 is 0 Å². The molecule has 0 heterocycles. The maximum Gasteiger partial charge on any atom is 0.0502 e. The molecule has 0 rings (SSSR count). The van der Waals surface area contributed by atoms with Crippen LogP contribution in [0.5, 0.6) is 0 Å². The molecule has 0 aromatic carbocycles. The third kappa shape index (κ3) is 6.82. The SMILES string of the molecule is CCCOCC(CBr)CCC. The van der Waals surface area contributed by atoms with Gasteiger partial charge in [0.05, 0.1) is 6.61 Å². The van der Waals surface area contributed by atoms with Crippen LogP contribution >= 0.6 is 15.9 Å².